The molecular formula is C13H16N4O. The maximum Gasteiger partial charge on any atom is 0.243 e. The van der Waals surface area contributed by atoms with Gasteiger partial charge in [0.05, 0.1) is 29.6 Å². The van der Waals surface area contributed by atoms with Crippen molar-refractivity contribution in [1.82, 2.24) is 0 Å². The number of carbonyl (C=O) groups excluding carboxylic acids is 1. The van der Waals surface area contributed by atoms with E-state index in [1.54, 1.807) is 18.2 Å². The zero-order chi connectivity index (χ0) is 13.1. The second kappa shape index (κ2) is 5.07. The third kappa shape index (κ3) is 2.44. The summed E-state index contributed by atoms with van der Waals surface area (Å²) in [6.07, 6.45) is 0. The lowest BCUT2D eigenvalue weighted by molar-refractivity contribution is -0.115. The lowest BCUT2D eigenvalue weighted by Crippen LogP contribution is -2.41. The summed E-state index contributed by atoms with van der Waals surface area (Å²) in [5.74, 6) is 0.269. The van der Waals surface area contributed by atoms with Gasteiger partial charge in [0.2, 0.25) is 5.91 Å². The molecule has 1 aromatic rings. The molecule has 0 aliphatic carbocycles. The molecular weight excluding hydrogens is 228 g/mol. The third-order valence-electron chi connectivity index (χ3n) is 3.01. The number of nitrogens with zero attached hydrogens (tertiary/aromatic N) is 2. The van der Waals surface area contributed by atoms with Crippen molar-refractivity contribution in [1.29, 1.82) is 5.26 Å². The van der Waals surface area contributed by atoms with Crippen LogP contribution in [0.15, 0.2) is 18.2 Å². The molecule has 18 heavy (non-hydrogen) atoms. The zero-order valence-electron chi connectivity index (χ0n) is 10.3. The normalized spacial score (nSPS) is 15.6. The number of rotatable bonds is 3. The number of nitriles is 1. The van der Waals surface area contributed by atoms with E-state index in [-0.39, 0.29) is 5.91 Å². The molecule has 0 saturated heterocycles. The van der Waals surface area contributed by atoms with Crippen molar-refractivity contribution in [2.75, 3.05) is 29.9 Å². The van der Waals surface area contributed by atoms with E-state index in [1.165, 1.54) is 0 Å². The number of nitrogens with one attached hydrogen (secondary N) is 1. The van der Waals surface area contributed by atoms with Crippen LogP contribution in [0, 0.1) is 17.2 Å². The van der Waals surface area contributed by atoms with E-state index >= 15 is 0 Å². The van der Waals surface area contributed by atoms with E-state index in [0.29, 0.717) is 31.1 Å². The largest absolute Gasteiger partial charge is 0.360 e. The van der Waals surface area contributed by atoms with Gasteiger partial charge in [0.1, 0.15) is 0 Å². The van der Waals surface area contributed by atoms with Gasteiger partial charge in [-0.25, -0.2) is 0 Å². The number of hydrogen-bond donors (Lipinski definition) is 2. The summed E-state index contributed by atoms with van der Waals surface area (Å²) in [5.41, 5.74) is 7.87. The number of hydrogen-bond acceptors (Lipinski definition) is 4. The van der Waals surface area contributed by atoms with E-state index in [4.69, 9.17) is 11.0 Å². The van der Waals surface area contributed by atoms with Gasteiger partial charge in [-0.15, -0.1) is 0 Å². The summed E-state index contributed by atoms with van der Waals surface area (Å²) in [6.45, 7) is 3.64. The summed E-state index contributed by atoms with van der Waals surface area (Å²) >= 11 is 0. The van der Waals surface area contributed by atoms with Gasteiger partial charge >= 0.3 is 0 Å². The van der Waals surface area contributed by atoms with Crippen molar-refractivity contribution in [3.8, 4) is 6.07 Å². The average Bonchev–Trinajstić information content (AvgIpc) is 2.38. The van der Waals surface area contributed by atoms with Crippen LogP contribution < -0.4 is 16.0 Å². The van der Waals surface area contributed by atoms with Crippen LogP contribution in [0.3, 0.4) is 0 Å². The van der Waals surface area contributed by atoms with Crippen LogP contribution in [-0.2, 0) is 4.79 Å². The SMILES string of the molecule is CC(CN)CN1CC(=O)Nc2ccc(C#N)cc21. The minimum Gasteiger partial charge on any atom is -0.360 e. The molecule has 3 N–H and O–H groups in total. The van der Waals surface area contributed by atoms with Crippen LogP contribution in [-0.4, -0.2) is 25.5 Å². The molecule has 1 heterocycles. The molecule has 94 valence electrons. The van der Waals surface area contributed by atoms with E-state index in [1.807, 2.05) is 11.8 Å². The Bertz CT molecular complexity index is 506. The first-order chi connectivity index (χ1) is 8.63. The van der Waals surface area contributed by atoms with Gasteiger partial charge in [-0.1, -0.05) is 6.92 Å². The highest BCUT2D eigenvalue weighted by molar-refractivity contribution is 6.01. The van der Waals surface area contributed by atoms with Crippen LogP contribution in [0.25, 0.3) is 0 Å². The Labute approximate surface area is 106 Å². The minimum atomic E-state index is -0.0311. The standard InChI is InChI=1S/C13H16N4O/c1-9(5-14)7-17-8-13(18)16-11-3-2-10(6-15)4-12(11)17/h2-4,9H,5,7-8,14H2,1H3,(H,16,18). The number of benzene rings is 1. The van der Waals surface area contributed by atoms with Crippen molar-refractivity contribution >= 4 is 17.3 Å². The Morgan fingerprint density at radius 3 is 3.06 bits per heavy atom. The fourth-order valence-corrected chi connectivity index (χ4v) is 2.03. The Kier molecular flexibility index (Phi) is 3.49. The van der Waals surface area contributed by atoms with Crippen LogP contribution >= 0.6 is 0 Å². The number of nitrogens with two attached hydrogens (primary N) is 1. The van der Waals surface area contributed by atoms with Gasteiger partial charge in [-0.05, 0) is 30.7 Å². The third-order valence-corrected chi connectivity index (χ3v) is 3.01. The molecule has 1 unspecified atom stereocenters. The molecule has 0 bridgehead atoms. The lowest BCUT2D eigenvalue weighted by Gasteiger charge is -2.32. The van der Waals surface area contributed by atoms with Crippen LogP contribution in [0.5, 0.6) is 0 Å². The highest BCUT2D eigenvalue weighted by Crippen LogP contribution is 2.30. The van der Waals surface area contributed by atoms with Gasteiger partial charge in [0, 0.05) is 6.54 Å². The summed E-state index contributed by atoms with van der Waals surface area (Å²) in [5, 5.41) is 11.7. The molecule has 0 spiro atoms. The van der Waals surface area contributed by atoms with Crippen LogP contribution in [0.1, 0.15) is 12.5 Å². The Morgan fingerprint density at radius 2 is 2.39 bits per heavy atom. The first-order valence-electron chi connectivity index (χ1n) is 5.93. The van der Waals surface area contributed by atoms with E-state index in [9.17, 15) is 4.79 Å². The smallest absolute Gasteiger partial charge is 0.243 e. The second-order valence-corrected chi connectivity index (χ2v) is 4.61. The van der Waals surface area contributed by atoms with Gasteiger partial charge in [-0.2, -0.15) is 5.26 Å². The van der Waals surface area contributed by atoms with E-state index in [2.05, 4.69) is 11.4 Å². The zero-order valence-corrected chi connectivity index (χ0v) is 10.3. The van der Waals surface area contributed by atoms with Crippen molar-refractivity contribution in [2.24, 2.45) is 11.7 Å². The topological polar surface area (TPSA) is 82.2 Å². The van der Waals surface area contributed by atoms with Crippen molar-refractivity contribution in [3.05, 3.63) is 23.8 Å². The first-order valence-corrected chi connectivity index (χ1v) is 5.93. The average molecular weight is 244 g/mol. The number of carbonyl (C=O) groups is 1. The lowest BCUT2D eigenvalue weighted by atomic mass is 10.1. The predicted molar refractivity (Wildman–Crippen MR) is 70.2 cm³/mol. The second-order valence-electron chi connectivity index (χ2n) is 4.61. The fraction of sp³-hybridized carbons (Fsp3) is 0.385. The Hall–Kier alpha value is -2.06. The summed E-state index contributed by atoms with van der Waals surface area (Å²) in [6, 6.07) is 7.39. The van der Waals surface area contributed by atoms with Crippen LogP contribution in [0.2, 0.25) is 0 Å². The molecule has 1 atom stereocenters. The summed E-state index contributed by atoms with van der Waals surface area (Å²) in [7, 11) is 0. The molecule has 5 heteroatoms. The fourth-order valence-electron chi connectivity index (χ4n) is 2.03. The Balaban J connectivity index is 2.33. The monoisotopic (exact) mass is 244 g/mol. The maximum atomic E-state index is 11.6. The molecule has 0 saturated carbocycles. The van der Waals surface area contributed by atoms with E-state index in [0.717, 1.165) is 11.4 Å². The highest BCUT2D eigenvalue weighted by Gasteiger charge is 2.23. The van der Waals surface area contributed by atoms with Crippen LogP contribution in [0.4, 0.5) is 11.4 Å². The summed E-state index contributed by atoms with van der Waals surface area (Å²) < 4.78 is 0. The molecule has 0 fully saturated rings. The molecule has 0 aromatic heterocycles. The van der Waals surface area contributed by atoms with Crippen molar-refractivity contribution in [3.63, 3.8) is 0 Å². The van der Waals surface area contributed by atoms with Crippen molar-refractivity contribution < 1.29 is 4.79 Å². The molecule has 0 radical (unpaired) electrons. The number of fused-ring (bicyclic) bond motifs is 1. The maximum absolute atomic E-state index is 11.6. The molecule has 1 aliphatic rings. The molecule has 1 amide bonds. The van der Waals surface area contributed by atoms with Crippen molar-refractivity contribution in [2.45, 2.75) is 6.92 Å². The molecule has 2 rings (SSSR count). The highest BCUT2D eigenvalue weighted by atomic mass is 16.2. The summed E-state index contributed by atoms with van der Waals surface area (Å²) in [4.78, 5) is 13.6. The van der Waals surface area contributed by atoms with Gasteiger partial charge in [0.15, 0.2) is 0 Å². The Morgan fingerprint density at radius 1 is 1.61 bits per heavy atom. The quantitative estimate of drug-likeness (QED) is 0.828. The molecule has 5 nitrogen and oxygen atoms in total. The minimum absolute atomic E-state index is 0.0311. The first kappa shape index (κ1) is 12.4. The van der Waals surface area contributed by atoms with E-state index < -0.39 is 0 Å². The van der Waals surface area contributed by atoms with Gasteiger partial charge < -0.3 is 16.0 Å². The predicted octanol–water partition coefficient (Wildman–Crippen LogP) is 0.912. The number of amides is 1. The van der Waals surface area contributed by atoms with Gasteiger partial charge in [0.25, 0.3) is 0 Å². The van der Waals surface area contributed by atoms with Gasteiger partial charge in [-0.3, -0.25) is 4.79 Å². The molecule has 1 aliphatic heterocycles. The molecule has 1 aromatic carbocycles. The number of anilines is 2.